The average Bonchev–Trinajstić information content (AvgIpc) is 2.63. The standard InChI is InChI=1S/C8H14N4O2/c1-6(9)2-3-8(13)10-4-7-11-5-14-12-7/h5-6H,2-4,9H2,1H3,(H,10,13). The number of nitrogens with two attached hydrogens (primary N) is 1. The van der Waals surface area contributed by atoms with E-state index in [-0.39, 0.29) is 11.9 Å². The van der Waals surface area contributed by atoms with Gasteiger partial charge in [0.15, 0.2) is 5.82 Å². The summed E-state index contributed by atoms with van der Waals surface area (Å²) in [6.45, 7) is 2.17. The number of hydrogen-bond acceptors (Lipinski definition) is 5. The lowest BCUT2D eigenvalue weighted by atomic mass is 10.2. The highest BCUT2D eigenvalue weighted by molar-refractivity contribution is 5.75. The molecule has 1 rings (SSSR count). The molecular formula is C8H14N4O2. The average molecular weight is 198 g/mol. The van der Waals surface area contributed by atoms with Crippen LogP contribution in [0.1, 0.15) is 25.6 Å². The number of nitrogens with one attached hydrogen (secondary N) is 1. The van der Waals surface area contributed by atoms with Gasteiger partial charge in [-0.2, -0.15) is 4.98 Å². The zero-order valence-corrected chi connectivity index (χ0v) is 8.06. The maximum absolute atomic E-state index is 11.2. The number of amides is 1. The molecule has 14 heavy (non-hydrogen) atoms. The highest BCUT2D eigenvalue weighted by Gasteiger charge is 2.04. The van der Waals surface area contributed by atoms with Gasteiger partial charge in [0, 0.05) is 12.5 Å². The number of carbonyl (C=O) groups is 1. The fourth-order valence-corrected chi connectivity index (χ4v) is 0.895. The van der Waals surface area contributed by atoms with Crippen molar-refractivity contribution in [1.29, 1.82) is 0 Å². The Morgan fingerprint density at radius 3 is 3.14 bits per heavy atom. The molecule has 1 aromatic heterocycles. The summed E-state index contributed by atoms with van der Waals surface area (Å²) in [5.74, 6) is 0.422. The predicted octanol–water partition coefficient (Wildman–Crippen LogP) is -0.187. The fourth-order valence-electron chi connectivity index (χ4n) is 0.895. The van der Waals surface area contributed by atoms with Gasteiger partial charge in [0.05, 0.1) is 6.54 Å². The van der Waals surface area contributed by atoms with Crippen molar-refractivity contribution in [3.8, 4) is 0 Å². The van der Waals surface area contributed by atoms with E-state index in [2.05, 4.69) is 20.0 Å². The Bertz CT molecular complexity index is 271. The largest absolute Gasteiger partial charge is 0.349 e. The van der Waals surface area contributed by atoms with Gasteiger partial charge in [0.1, 0.15) is 0 Å². The van der Waals surface area contributed by atoms with Crippen molar-refractivity contribution in [2.45, 2.75) is 32.4 Å². The van der Waals surface area contributed by atoms with E-state index in [0.29, 0.717) is 25.2 Å². The van der Waals surface area contributed by atoms with E-state index in [4.69, 9.17) is 5.73 Å². The molecule has 3 N–H and O–H groups in total. The molecule has 0 aliphatic rings. The molecule has 1 atom stereocenters. The van der Waals surface area contributed by atoms with Gasteiger partial charge < -0.3 is 15.6 Å². The van der Waals surface area contributed by atoms with Crippen LogP contribution in [-0.4, -0.2) is 22.1 Å². The third-order valence-electron chi connectivity index (χ3n) is 1.68. The molecule has 1 amide bonds. The minimum Gasteiger partial charge on any atom is -0.349 e. The van der Waals surface area contributed by atoms with Crippen LogP contribution in [0.4, 0.5) is 0 Å². The molecule has 0 aliphatic carbocycles. The molecule has 78 valence electrons. The Hall–Kier alpha value is -1.43. The van der Waals surface area contributed by atoms with Gasteiger partial charge >= 0.3 is 0 Å². The van der Waals surface area contributed by atoms with Gasteiger partial charge in [-0.1, -0.05) is 5.16 Å². The summed E-state index contributed by atoms with van der Waals surface area (Å²) >= 11 is 0. The van der Waals surface area contributed by atoms with Gasteiger partial charge in [-0.25, -0.2) is 0 Å². The molecule has 6 nitrogen and oxygen atoms in total. The van der Waals surface area contributed by atoms with Crippen LogP contribution in [0.15, 0.2) is 10.9 Å². The summed E-state index contributed by atoms with van der Waals surface area (Å²) in [6.07, 6.45) is 2.33. The number of nitrogens with zero attached hydrogens (tertiary/aromatic N) is 2. The van der Waals surface area contributed by atoms with Gasteiger partial charge in [0.2, 0.25) is 12.3 Å². The van der Waals surface area contributed by atoms with Crippen molar-refractivity contribution in [3.05, 3.63) is 12.2 Å². The van der Waals surface area contributed by atoms with Gasteiger partial charge in [-0.15, -0.1) is 0 Å². The monoisotopic (exact) mass is 198 g/mol. The lowest BCUT2D eigenvalue weighted by Crippen LogP contribution is -2.25. The van der Waals surface area contributed by atoms with Crippen molar-refractivity contribution in [2.75, 3.05) is 0 Å². The van der Waals surface area contributed by atoms with Crippen LogP contribution in [0.3, 0.4) is 0 Å². The summed E-state index contributed by atoms with van der Waals surface area (Å²) in [6, 6.07) is 0.0472. The Labute approximate surface area is 81.9 Å². The SMILES string of the molecule is CC(N)CCC(=O)NCc1ncon1. The first kappa shape index (κ1) is 10.6. The summed E-state index contributed by atoms with van der Waals surface area (Å²) < 4.78 is 4.51. The van der Waals surface area contributed by atoms with E-state index in [1.54, 1.807) is 0 Å². The second-order valence-electron chi connectivity index (χ2n) is 3.14. The Morgan fingerprint density at radius 2 is 2.57 bits per heavy atom. The molecule has 1 heterocycles. The van der Waals surface area contributed by atoms with Crippen LogP contribution in [-0.2, 0) is 11.3 Å². The Balaban J connectivity index is 2.15. The third kappa shape index (κ3) is 3.99. The molecule has 0 bridgehead atoms. The molecule has 0 saturated carbocycles. The van der Waals surface area contributed by atoms with E-state index in [1.165, 1.54) is 6.39 Å². The van der Waals surface area contributed by atoms with Gasteiger partial charge in [0.25, 0.3) is 0 Å². The topological polar surface area (TPSA) is 94.0 Å². The first-order valence-corrected chi connectivity index (χ1v) is 4.46. The smallest absolute Gasteiger partial charge is 0.220 e. The lowest BCUT2D eigenvalue weighted by Gasteiger charge is -2.04. The number of rotatable bonds is 5. The quantitative estimate of drug-likeness (QED) is 0.684. The van der Waals surface area contributed by atoms with Crippen LogP contribution in [0.25, 0.3) is 0 Å². The second-order valence-corrected chi connectivity index (χ2v) is 3.14. The number of carbonyl (C=O) groups excluding carboxylic acids is 1. The molecule has 6 heteroatoms. The van der Waals surface area contributed by atoms with Crippen molar-refractivity contribution < 1.29 is 9.32 Å². The highest BCUT2D eigenvalue weighted by Crippen LogP contribution is 1.94. The van der Waals surface area contributed by atoms with Crippen molar-refractivity contribution in [2.24, 2.45) is 5.73 Å². The van der Waals surface area contributed by atoms with Crippen molar-refractivity contribution in [3.63, 3.8) is 0 Å². The molecular weight excluding hydrogens is 184 g/mol. The maximum atomic E-state index is 11.2. The molecule has 0 aliphatic heterocycles. The molecule has 1 aromatic rings. The van der Waals surface area contributed by atoms with Crippen molar-refractivity contribution in [1.82, 2.24) is 15.5 Å². The van der Waals surface area contributed by atoms with E-state index < -0.39 is 0 Å². The highest BCUT2D eigenvalue weighted by atomic mass is 16.5. The first-order valence-electron chi connectivity index (χ1n) is 4.46. The zero-order valence-electron chi connectivity index (χ0n) is 8.06. The molecule has 1 unspecified atom stereocenters. The van der Waals surface area contributed by atoms with E-state index in [0.717, 1.165) is 0 Å². The van der Waals surface area contributed by atoms with Crippen LogP contribution in [0, 0.1) is 0 Å². The molecule has 0 radical (unpaired) electrons. The summed E-state index contributed by atoms with van der Waals surface area (Å²) in [7, 11) is 0. The third-order valence-corrected chi connectivity index (χ3v) is 1.68. The molecule has 0 aromatic carbocycles. The first-order chi connectivity index (χ1) is 6.68. The molecule has 0 saturated heterocycles. The summed E-state index contributed by atoms with van der Waals surface area (Å²) in [5.41, 5.74) is 5.51. The van der Waals surface area contributed by atoms with Crippen LogP contribution >= 0.6 is 0 Å². The Kier molecular flexibility index (Phi) is 4.06. The van der Waals surface area contributed by atoms with Crippen LogP contribution in [0.2, 0.25) is 0 Å². The van der Waals surface area contributed by atoms with Crippen LogP contribution < -0.4 is 11.1 Å². The maximum Gasteiger partial charge on any atom is 0.220 e. The number of aromatic nitrogens is 2. The minimum absolute atomic E-state index is 0.0472. The Morgan fingerprint density at radius 1 is 1.79 bits per heavy atom. The normalized spacial score (nSPS) is 12.4. The van der Waals surface area contributed by atoms with E-state index in [9.17, 15) is 4.79 Å². The molecule has 0 fully saturated rings. The van der Waals surface area contributed by atoms with Gasteiger partial charge in [-0.3, -0.25) is 4.79 Å². The second kappa shape index (κ2) is 5.33. The lowest BCUT2D eigenvalue weighted by molar-refractivity contribution is -0.121. The summed E-state index contributed by atoms with van der Waals surface area (Å²) in [4.78, 5) is 15.0. The zero-order chi connectivity index (χ0) is 10.4. The van der Waals surface area contributed by atoms with E-state index >= 15 is 0 Å². The fraction of sp³-hybridized carbons (Fsp3) is 0.625. The van der Waals surface area contributed by atoms with Gasteiger partial charge in [-0.05, 0) is 13.3 Å². The van der Waals surface area contributed by atoms with E-state index in [1.807, 2.05) is 6.92 Å². The molecule has 0 spiro atoms. The summed E-state index contributed by atoms with van der Waals surface area (Å²) in [5, 5.41) is 6.22. The minimum atomic E-state index is -0.0490. The number of hydrogen-bond donors (Lipinski definition) is 2. The predicted molar refractivity (Wildman–Crippen MR) is 49.0 cm³/mol. The van der Waals surface area contributed by atoms with Crippen molar-refractivity contribution >= 4 is 5.91 Å². The van der Waals surface area contributed by atoms with Crippen LogP contribution in [0.5, 0.6) is 0 Å².